The SMILES string of the molecule is C=C1c2cc(-c3cc4sccc4s3)ccc2-c2ccc(-c3cc4sccc4s3)cc21. The number of fused-ring (bicyclic) bond motifs is 5. The van der Waals surface area contributed by atoms with Gasteiger partial charge in [0.15, 0.2) is 0 Å². The molecule has 7 rings (SSSR count). The number of thiophene rings is 4. The van der Waals surface area contributed by atoms with Crippen molar-refractivity contribution in [2.24, 2.45) is 0 Å². The lowest BCUT2D eigenvalue weighted by Gasteiger charge is -2.04. The van der Waals surface area contributed by atoms with Gasteiger partial charge in [0.25, 0.3) is 0 Å². The summed E-state index contributed by atoms with van der Waals surface area (Å²) in [4.78, 5) is 2.67. The van der Waals surface area contributed by atoms with Crippen LogP contribution in [0.3, 0.4) is 0 Å². The van der Waals surface area contributed by atoms with Gasteiger partial charge in [-0.2, -0.15) is 0 Å². The topological polar surface area (TPSA) is 0 Å². The predicted molar refractivity (Wildman–Crippen MR) is 137 cm³/mol. The quantitative estimate of drug-likeness (QED) is 0.244. The molecule has 0 unspecified atom stereocenters. The first-order valence-electron chi connectivity index (χ1n) is 9.67. The first-order chi connectivity index (χ1) is 14.7. The van der Waals surface area contributed by atoms with E-state index in [1.807, 2.05) is 45.3 Å². The van der Waals surface area contributed by atoms with Crippen molar-refractivity contribution < 1.29 is 0 Å². The zero-order chi connectivity index (χ0) is 19.8. The van der Waals surface area contributed by atoms with E-state index in [4.69, 9.17) is 0 Å². The van der Waals surface area contributed by atoms with E-state index in [9.17, 15) is 0 Å². The Balaban J connectivity index is 1.32. The molecule has 0 fully saturated rings. The maximum Gasteiger partial charge on any atom is 0.0457 e. The van der Waals surface area contributed by atoms with Crippen molar-refractivity contribution in [1.82, 2.24) is 0 Å². The van der Waals surface area contributed by atoms with Crippen molar-refractivity contribution in [2.45, 2.75) is 0 Å². The van der Waals surface area contributed by atoms with Crippen LogP contribution in [0.2, 0.25) is 0 Å². The number of rotatable bonds is 2. The first-order valence-corrected chi connectivity index (χ1v) is 13.1. The summed E-state index contributed by atoms with van der Waals surface area (Å²) in [7, 11) is 0. The van der Waals surface area contributed by atoms with Crippen molar-refractivity contribution in [1.29, 1.82) is 0 Å². The molecule has 0 nitrogen and oxygen atoms in total. The van der Waals surface area contributed by atoms with Gasteiger partial charge < -0.3 is 0 Å². The summed E-state index contributed by atoms with van der Waals surface area (Å²) in [6, 6.07) is 22.8. The third kappa shape index (κ3) is 2.42. The molecule has 0 atom stereocenters. The van der Waals surface area contributed by atoms with E-state index in [1.54, 1.807) is 0 Å². The lowest BCUT2D eigenvalue weighted by atomic mass is 10.0. The average Bonchev–Trinajstić information content (AvgIpc) is 3.54. The molecule has 0 amide bonds. The Morgan fingerprint density at radius 2 is 1.00 bits per heavy atom. The van der Waals surface area contributed by atoms with Crippen LogP contribution < -0.4 is 0 Å². The molecule has 6 aromatic rings. The number of hydrogen-bond acceptors (Lipinski definition) is 4. The van der Waals surface area contributed by atoms with Crippen LogP contribution >= 0.6 is 45.3 Å². The van der Waals surface area contributed by atoms with Crippen LogP contribution in [-0.4, -0.2) is 0 Å². The van der Waals surface area contributed by atoms with Crippen molar-refractivity contribution in [3.05, 3.63) is 89.1 Å². The summed E-state index contributed by atoms with van der Waals surface area (Å²) in [5.74, 6) is 0. The minimum atomic E-state index is 1.14. The molecule has 4 heteroatoms. The fourth-order valence-electron chi connectivity index (χ4n) is 4.33. The highest BCUT2D eigenvalue weighted by Crippen LogP contribution is 2.48. The summed E-state index contributed by atoms with van der Waals surface area (Å²) in [5.41, 5.74) is 8.85. The Kier molecular flexibility index (Phi) is 3.59. The zero-order valence-corrected chi connectivity index (χ0v) is 19.0. The van der Waals surface area contributed by atoms with Crippen LogP contribution in [0.25, 0.3) is 56.4 Å². The van der Waals surface area contributed by atoms with Gasteiger partial charge in [-0.25, -0.2) is 0 Å². The van der Waals surface area contributed by atoms with Gasteiger partial charge in [0, 0.05) is 28.6 Å². The lowest BCUT2D eigenvalue weighted by molar-refractivity contribution is 1.64. The predicted octanol–water partition coefficient (Wildman–Crippen LogP) is 9.61. The van der Waals surface area contributed by atoms with Gasteiger partial charge in [-0.1, -0.05) is 30.8 Å². The molecule has 4 aromatic heterocycles. The Morgan fingerprint density at radius 1 is 0.500 bits per heavy atom. The lowest BCUT2D eigenvalue weighted by Crippen LogP contribution is -1.81. The molecule has 0 saturated heterocycles. The Morgan fingerprint density at radius 3 is 1.47 bits per heavy atom. The van der Waals surface area contributed by atoms with E-state index < -0.39 is 0 Å². The summed E-state index contributed by atoms with van der Waals surface area (Å²) < 4.78 is 5.49. The maximum atomic E-state index is 4.48. The van der Waals surface area contributed by atoms with Crippen molar-refractivity contribution in [3.8, 4) is 32.0 Å². The minimum Gasteiger partial charge on any atom is -0.143 e. The molecule has 142 valence electrons. The van der Waals surface area contributed by atoms with E-state index in [0.29, 0.717) is 0 Å². The van der Waals surface area contributed by atoms with Gasteiger partial charge in [-0.05, 0) is 86.1 Å². The molecular formula is C26H14S4. The highest BCUT2D eigenvalue weighted by atomic mass is 32.1. The van der Waals surface area contributed by atoms with E-state index in [2.05, 4.69) is 78.0 Å². The molecule has 30 heavy (non-hydrogen) atoms. The van der Waals surface area contributed by atoms with Gasteiger partial charge in [0.2, 0.25) is 0 Å². The number of hydrogen-bond donors (Lipinski definition) is 0. The van der Waals surface area contributed by atoms with Crippen LogP contribution in [0.1, 0.15) is 11.1 Å². The molecule has 1 aliphatic rings. The second kappa shape index (κ2) is 6.25. The molecule has 0 saturated carbocycles. The molecule has 1 aliphatic carbocycles. The molecule has 4 heterocycles. The molecule has 0 radical (unpaired) electrons. The highest BCUT2D eigenvalue weighted by Gasteiger charge is 2.23. The van der Waals surface area contributed by atoms with Gasteiger partial charge in [0.1, 0.15) is 0 Å². The highest BCUT2D eigenvalue weighted by molar-refractivity contribution is 7.29. The third-order valence-corrected chi connectivity index (χ3v) is 10.1. The van der Waals surface area contributed by atoms with Crippen LogP contribution in [0.15, 0.2) is 78.0 Å². The summed E-state index contributed by atoms with van der Waals surface area (Å²) in [6.07, 6.45) is 0. The zero-order valence-electron chi connectivity index (χ0n) is 15.8. The summed E-state index contributed by atoms with van der Waals surface area (Å²) in [5, 5.41) is 4.34. The van der Waals surface area contributed by atoms with Gasteiger partial charge in [0.05, 0.1) is 0 Å². The van der Waals surface area contributed by atoms with Crippen molar-refractivity contribution in [3.63, 3.8) is 0 Å². The van der Waals surface area contributed by atoms with Crippen LogP contribution in [0.4, 0.5) is 0 Å². The molecular weight excluding hydrogens is 441 g/mol. The molecule has 0 N–H and O–H groups in total. The molecule has 0 aliphatic heterocycles. The molecule has 2 aromatic carbocycles. The maximum absolute atomic E-state index is 4.48. The van der Waals surface area contributed by atoms with Crippen molar-refractivity contribution in [2.75, 3.05) is 0 Å². The monoisotopic (exact) mass is 454 g/mol. The number of benzene rings is 2. The Bertz CT molecular complexity index is 1440. The normalized spacial score (nSPS) is 12.7. The minimum absolute atomic E-state index is 1.14. The van der Waals surface area contributed by atoms with Crippen LogP contribution in [0.5, 0.6) is 0 Å². The first kappa shape index (κ1) is 17.2. The van der Waals surface area contributed by atoms with E-state index in [-0.39, 0.29) is 0 Å². The van der Waals surface area contributed by atoms with Crippen LogP contribution in [0, 0.1) is 0 Å². The fourth-order valence-corrected chi connectivity index (χ4v) is 8.54. The van der Waals surface area contributed by atoms with E-state index in [1.165, 1.54) is 61.9 Å². The van der Waals surface area contributed by atoms with E-state index in [0.717, 1.165) is 5.57 Å². The summed E-state index contributed by atoms with van der Waals surface area (Å²) >= 11 is 7.38. The second-order valence-corrected chi connectivity index (χ2v) is 11.6. The van der Waals surface area contributed by atoms with E-state index >= 15 is 0 Å². The Hall–Kier alpha value is -2.50. The standard InChI is InChI=1S/C26H14S4/c1-14-19-10-15(23-12-25-21(29-23)6-8-27-25)2-4-17(19)18-5-3-16(11-20(14)18)24-13-26-22(30-24)7-9-28-26/h2-13H,1H2. The van der Waals surface area contributed by atoms with Crippen molar-refractivity contribution >= 4 is 69.7 Å². The smallest absolute Gasteiger partial charge is 0.0457 e. The third-order valence-electron chi connectivity index (χ3n) is 5.83. The average molecular weight is 455 g/mol. The second-order valence-electron chi connectivity index (χ2n) is 7.52. The summed E-state index contributed by atoms with van der Waals surface area (Å²) in [6.45, 7) is 4.48. The largest absolute Gasteiger partial charge is 0.143 e. The molecule has 0 spiro atoms. The molecule has 0 bridgehead atoms. The Labute approximate surface area is 190 Å². The van der Waals surface area contributed by atoms with Gasteiger partial charge in [-0.15, -0.1) is 45.3 Å². The van der Waals surface area contributed by atoms with Gasteiger partial charge >= 0.3 is 0 Å². The fraction of sp³-hybridized carbons (Fsp3) is 0. The van der Waals surface area contributed by atoms with Gasteiger partial charge in [-0.3, -0.25) is 0 Å². The van der Waals surface area contributed by atoms with Crippen LogP contribution in [-0.2, 0) is 0 Å².